The molecule has 1 amide bonds. The van der Waals surface area contributed by atoms with Gasteiger partial charge in [-0.15, -0.1) is 0 Å². The maximum atomic E-state index is 12.5. The van der Waals surface area contributed by atoms with Gasteiger partial charge in [0.15, 0.2) is 0 Å². The lowest BCUT2D eigenvalue weighted by atomic mass is 9.98. The Morgan fingerprint density at radius 3 is 2.56 bits per heavy atom. The van der Waals surface area contributed by atoms with Crippen LogP contribution in [0.1, 0.15) is 36.9 Å². The number of rotatable bonds is 4. The Morgan fingerprint density at radius 1 is 1.11 bits per heavy atom. The van der Waals surface area contributed by atoms with Crippen molar-refractivity contribution in [1.29, 1.82) is 0 Å². The summed E-state index contributed by atoms with van der Waals surface area (Å²) >= 11 is 0. The summed E-state index contributed by atoms with van der Waals surface area (Å²) in [6, 6.07) is 13.6. The molecule has 0 unspecified atom stereocenters. The summed E-state index contributed by atoms with van der Waals surface area (Å²) < 4.78 is 5.22. The molecule has 0 N–H and O–H groups in total. The van der Waals surface area contributed by atoms with E-state index >= 15 is 0 Å². The highest BCUT2D eigenvalue weighted by Crippen LogP contribution is 2.34. The molecule has 136 valence electrons. The van der Waals surface area contributed by atoms with Gasteiger partial charge in [0.25, 0.3) is 0 Å². The minimum absolute atomic E-state index is 0.00255. The van der Waals surface area contributed by atoms with Crippen molar-refractivity contribution >= 4 is 22.7 Å². The minimum Gasteiger partial charge on any atom is -0.497 e. The van der Waals surface area contributed by atoms with E-state index in [1.54, 1.807) is 24.5 Å². The minimum atomic E-state index is -0.138. The number of aromatic nitrogens is 2. The first-order chi connectivity index (χ1) is 13.2. The average Bonchev–Trinajstić information content (AvgIpc) is 3.18. The van der Waals surface area contributed by atoms with Gasteiger partial charge in [-0.25, -0.2) is 5.01 Å². The largest absolute Gasteiger partial charge is 0.497 e. The third-order valence-electron chi connectivity index (χ3n) is 4.77. The molecule has 2 heterocycles. The van der Waals surface area contributed by atoms with Crippen molar-refractivity contribution in [3.8, 4) is 5.75 Å². The van der Waals surface area contributed by atoms with Crippen molar-refractivity contribution in [3.05, 3.63) is 66.0 Å². The molecule has 0 bridgehead atoms. The molecule has 6 nitrogen and oxygen atoms in total. The fourth-order valence-corrected chi connectivity index (χ4v) is 3.31. The number of nitrogens with zero attached hydrogens (tertiary/aromatic N) is 4. The van der Waals surface area contributed by atoms with Crippen LogP contribution in [0.25, 0.3) is 11.0 Å². The van der Waals surface area contributed by atoms with E-state index in [9.17, 15) is 4.79 Å². The van der Waals surface area contributed by atoms with E-state index in [-0.39, 0.29) is 11.9 Å². The smallest absolute Gasteiger partial charge is 0.242 e. The van der Waals surface area contributed by atoms with E-state index < -0.39 is 0 Å². The zero-order valence-electron chi connectivity index (χ0n) is 15.3. The summed E-state index contributed by atoms with van der Waals surface area (Å²) in [4.78, 5) is 21.2. The van der Waals surface area contributed by atoms with Gasteiger partial charge in [-0.05, 0) is 47.5 Å². The van der Waals surface area contributed by atoms with Gasteiger partial charge in [0, 0.05) is 25.2 Å². The summed E-state index contributed by atoms with van der Waals surface area (Å²) in [7, 11) is 1.64. The van der Waals surface area contributed by atoms with Crippen molar-refractivity contribution in [1.82, 2.24) is 15.0 Å². The van der Waals surface area contributed by atoms with Crippen molar-refractivity contribution in [2.24, 2.45) is 5.10 Å². The van der Waals surface area contributed by atoms with Gasteiger partial charge in [0.2, 0.25) is 5.91 Å². The molecule has 1 aromatic heterocycles. The summed E-state index contributed by atoms with van der Waals surface area (Å²) in [5.41, 5.74) is 4.55. The van der Waals surface area contributed by atoms with E-state index in [4.69, 9.17) is 4.74 Å². The zero-order valence-corrected chi connectivity index (χ0v) is 15.3. The molecule has 0 aliphatic carbocycles. The highest BCUT2D eigenvalue weighted by Gasteiger charge is 2.32. The molecule has 4 rings (SSSR count). The van der Waals surface area contributed by atoms with E-state index in [2.05, 4.69) is 15.1 Å². The second kappa shape index (κ2) is 7.15. The molecular weight excluding hydrogens is 340 g/mol. The molecule has 6 heteroatoms. The fraction of sp³-hybridized carbons (Fsp3) is 0.238. The molecule has 0 spiro atoms. The SMILES string of the molecule is CCC(=O)N1N=C(c2ccc(OC)cc2)C[C@H]1c1ccc2nccnc2c1. The quantitative estimate of drug-likeness (QED) is 0.711. The Labute approximate surface area is 157 Å². The predicted octanol–water partition coefficient (Wildman–Crippen LogP) is 3.73. The summed E-state index contributed by atoms with van der Waals surface area (Å²) in [5.74, 6) is 0.797. The normalized spacial score (nSPS) is 16.4. The third-order valence-corrected chi connectivity index (χ3v) is 4.77. The molecule has 2 aromatic carbocycles. The van der Waals surface area contributed by atoms with Gasteiger partial charge >= 0.3 is 0 Å². The molecular formula is C21H20N4O2. The van der Waals surface area contributed by atoms with Gasteiger partial charge in [0.05, 0.1) is 29.9 Å². The molecule has 1 atom stereocenters. The standard InChI is InChI=1S/C21H20N4O2/c1-3-21(26)25-20(15-6-9-17-19(12-15)23-11-10-22-17)13-18(24-25)14-4-7-16(27-2)8-5-14/h4-12,20H,3,13H2,1-2H3/t20-/m0/s1. The topological polar surface area (TPSA) is 67.7 Å². The molecule has 0 saturated carbocycles. The molecule has 0 saturated heterocycles. The number of methoxy groups -OCH3 is 1. The van der Waals surface area contributed by atoms with Gasteiger partial charge in [-0.3, -0.25) is 14.8 Å². The van der Waals surface area contributed by atoms with Crippen LogP contribution < -0.4 is 4.74 Å². The number of amides is 1. The number of hydrazone groups is 1. The van der Waals surface area contributed by atoms with Crippen LogP contribution in [0.5, 0.6) is 5.75 Å². The Bertz CT molecular complexity index is 1010. The average molecular weight is 360 g/mol. The van der Waals surface area contributed by atoms with Crippen LogP contribution in [0.3, 0.4) is 0 Å². The highest BCUT2D eigenvalue weighted by atomic mass is 16.5. The predicted molar refractivity (Wildman–Crippen MR) is 104 cm³/mol. The van der Waals surface area contributed by atoms with Crippen molar-refractivity contribution in [2.75, 3.05) is 7.11 Å². The van der Waals surface area contributed by atoms with Crippen molar-refractivity contribution in [3.63, 3.8) is 0 Å². The monoisotopic (exact) mass is 360 g/mol. The highest BCUT2D eigenvalue weighted by molar-refractivity contribution is 6.03. The van der Waals surface area contributed by atoms with Crippen molar-refractivity contribution < 1.29 is 9.53 Å². The molecule has 1 aliphatic heterocycles. The number of benzene rings is 2. The van der Waals surface area contributed by atoms with Gasteiger partial charge in [-0.1, -0.05) is 13.0 Å². The molecule has 27 heavy (non-hydrogen) atoms. The first kappa shape index (κ1) is 17.1. The lowest BCUT2D eigenvalue weighted by Crippen LogP contribution is -2.26. The molecule has 3 aromatic rings. The lowest BCUT2D eigenvalue weighted by molar-refractivity contribution is -0.132. The number of ether oxygens (including phenoxy) is 1. The number of fused-ring (bicyclic) bond motifs is 1. The van der Waals surface area contributed by atoms with Crippen LogP contribution >= 0.6 is 0 Å². The van der Waals surface area contributed by atoms with E-state index in [0.29, 0.717) is 12.8 Å². The Morgan fingerprint density at radius 2 is 1.85 bits per heavy atom. The van der Waals surface area contributed by atoms with Crippen LogP contribution in [-0.2, 0) is 4.79 Å². The number of hydrogen-bond acceptors (Lipinski definition) is 5. The summed E-state index contributed by atoms with van der Waals surface area (Å²) in [6.45, 7) is 1.85. The first-order valence-electron chi connectivity index (χ1n) is 8.94. The van der Waals surface area contributed by atoms with Crippen LogP contribution in [0.2, 0.25) is 0 Å². The van der Waals surface area contributed by atoms with Gasteiger partial charge < -0.3 is 4.74 Å². The maximum Gasteiger partial charge on any atom is 0.242 e. The lowest BCUT2D eigenvalue weighted by Gasteiger charge is -2.21. The maximum absolute atomic E-state index is 12.5. The van der Waals surface area contributed by atoms with Crippen molar-refractivity contribution in [2.45, 2.75) is 25.8 Å². The van der Waals surface area contributed by atoms with Crippen LogP contribution in [-0.4, -0.2) is 33.7 Å². The second-order valence-electron chi connectivity index (χ2n) is 6.39. The number of carbonyl (C=O) groups excluding carboxylic acids is 1. The van der Waals surface area contributed by atoms with Crippen LogP contribution in [0.15, 0.2) is 60.0 Å². The number of hydrogen-bond donors (Lipinski definition) is 0. The first-order valence-corrected chi connectivity index (χ1v) is 8.94. The molecule has 1 aliphatic rings. The Balaban J connectivity index is 1.69. The Hall–Kier alpha value is -3.28. The van der Waals surface area contributed by atoms with E-state index in [0.717, 1.165) is 33.6 Å². The fourth-order valence-electron chi connectivity index (χ4n) is 3.31. The molecule has 0 fully saturated rings. The third kappa shape index (κ3) is 3.26. The van der Waals surface area contributed by atoms with E-state index in [1.165, 1.54) is 0 Å². The molecule has 0 radical (unpaired) electrons. The zero-order chi connectivity index (χ0) is 18.8. The van der Waals surface area contributed by atoms with Crippen LogP contribution in [0.4, 0.5) is 0 Å². The number of carbonyl (C=O) groups is 1. The van der Waals surface area contributed by atoms with E-state index in [1.807, 2.05) is 49.4 Å². The van der Waals surface area contributed by atoms with Gasteiger partial charge in [-0.2, -0.15) is 5.10 Å². The summed E-state index contributed by atoms with van der Waals surface area (Å²) in [5, 5.41) is 6.25. The van der Waals surface area contributed by atoms with Gasteiger partial charge in [0.1, 0.15) is 5.75 Å². The second-order valence-corrected chi connectivity index (χ2v) is 6.39. The van der Waals surface area contributed by atoms with Crippen LogP contribution in [0, 0.1) is 0 Å². The Kier molecular flexibility index (Phi) is 4.54. The summed E-state index contributed by atoms with van der Waals surface area (Å²) in [6.07, 6.45) is 4.41.